The van der Waals surface area contributed by atoms with Crippen molar-refractivity contribution >= 4 is 22.3 Å². The molecule has 0 aliphatic heterocycles. The third kappa shape index (κ3) is 2.71. The van der Waals surface area contributed by atoms with Crippen molar-refractivity contribution in [3.8, 4) is 11.4 Å². The molecule has 0 bridgehead atoms. The second-order valence-corrected chi connectivity index (χ2v) is 6.41. The summed E-state index contributed by atoms with van der Waals surface area (Å²) < 4.78 is 3.23. The van der Waals surface area contributed by atoms with Gasteiger partial charge in [-0.05, 0) is 31.2 Å². The highest BCUT2D eigenvalue weighted by Crippen LogP contribution is 2.28. The summed E-state index contributed by atoms with van der Waals surface area (Å²) in [6.45, 7) is 1.79. The SMILES string of the molecule is Cc1c(NNc2c(O)c3ccccc3[nH]c2=O)c(=O)n(-c2ccccc2)n1C. The van der Waals surface area contributed by atoms with Crippen LogP contribution in [0.4, 0.5) is 11.4 Å². The number of pyridine rings is 1. The molecule has 0 unspecified atom stereocenters. The van der Waals surface area contributed by atoms with Gasteiger partial charge in [-0.1, -0.05) is 30.3 Å². The number of benzene rings is 2. The number of aromatic nitrogens is 3. The highest BCUT2D eigenvalue weighted by Gasteiger charge is 2.17. The summed E-state index contributed by atoms with van der Waals surface area (Å²) in [4.78, 5) is 27.9. The minimum atomic E-state index is -0.499. The third-order valence-electron chi connectivity index (χ3n) is 4.76. The first-order valence-corrected chi connectivity index (χ1v) is 8.69. The normalized spacial score (nSPS) is 10.9. The predicted molar refractivity (Wildman–Crippen MR) is 109 cm³/mol. The van der Waals surface area contributed by atoms with Crippen molar-refractivity contribution in [3.63, 3.8) is 0 Å². The van der Waals surface area contributed by atoms with Gasteiger partial charge in [0.05, 0.1) is 16.9 Å². The molecule has 0 spiro atoms. The summed E-state index contributed by atoms with van der Waals surface area (Å²) in [5, 5.41) is 11.0. The lowest BCUT2D eigenvalue weighted by atomic mass is 10.2. The first-order chi connectivity index (χ1) is 13.5. The Morgan fingerprint density at radius 2 is 1.57 bits per heavy atom. The van der Waals surface area contributed by atoms with E-state index < -0.39 is 5.56 Å². The first kappa shape index (κ1) is 17.5. The zero-order chi connectivity index (χ0) is 19.8. The summed E-state index contributed by atoms with van der Waals surface area (Å²) >= 11 is 0. The molecule has 2 aromatic carbocycles. The van der Waals surface area contributed by atoms with Gasteiger partial charge in [-0.3, -0.25) is 25.1 Å². The Kier molecular flexibility index (Phi) is 4.15. The maximum Gasteiger partial charge on any atom is 0.296 e. The molecule has 0 aliphatic carbocycles. The van der Waals surface area contributed by atoms with E-state index in [0.29, 0.717) is 16.6 Å². The van der Waals surface area contributed by atoms with E-state index in [1.165, 1.54) is 4.68 Å². The van der Waals surface area contributed by atoms with Gasteiger partial charge in [0.1, 0.15) is 5.69 Å². The number of anilines is 2. The van der Waals surface area contributed by atoms with Crippen LogP contribution in [0.25, 0.3) is 16.6 Å². The molecule has 0 aliphatic rings. The smallest absolute Gasteiger partial charge is 0.296 e. The van der Waals surface area contributed by atoms with E-state index in [9.17, 15) is 14.7 Å². The Bertz CT molecular complexity index is 1290. The minimum absolute atomic E-state index is 0.0624. The number of hydrazine groups is 1. The standard InChI is InChI=1S/C20H19N5O3/c1-12-16(20(28)25(24(12)2)13-8-4-3-5-9-13)22-23-17-18(26)14-10-6-7-11-15(14)21-19(17)27/h3-11,22-23H,1-2H3,(H2,21,26,27). The summed E-state index contributed by atoms with van der Waals surface area (Å²) in [6, 6.07) is 16.2. The van der Waals surface area contributed by atoms with Gasteiger partial charge in [0, 0.05) is 12.4 Å². The number of fused-ring (bicyclic) bond motifs is 1. The van der Waals surface area contributed by atoms with Crippen molar-refractivity contribution in [3.05, 3.63) is 81.0 Å². The molecule has 28 heavy (non-hydrogen) atoms. The highest BCUT2D eigenvalue weighted by molar-refractivity contribution is 5.89. The maximum atomic E-state index is 12.9. The second kappa shape index (κ2) is 6.66. The quantitative estimate of drug-likeness (QED) is 0.409. The largest absolute Gasteiger partial charge is 0.505 e. The third-order valence-corrected chi connectivity index (χ3v) is 4.76. The minimum Gasteiger partial charge on any atom is -0.505 e. The molecule has 0 atom stereocenters. The average molecular weight is 377 g/mol. The van der Waals surface area contributed by atoms with Crippen LogP contribution in [0.5, 0.6) is 5.75 Å². The molecule has 0 radical (unpaired) electrons. The van der Waals surface area contributed by atoms with E-state index >= 15 is 0 Å². The number of hydrogen-bond donors (Lipinski definition) is 4. The van der Waals surface area contributed by atoms with Crippen LogP contribution in [-0.4, -0.2) is 19.5 Å². The van der Waals surface area contributed by atoms with Gasteiger partial charge in [-0.25, -0.2) is 4.68 Å². The van der Waals surface area contributed by atoms with E-state index in [1.54, 1.807) is 42.9 Å². The van der Waals surface area contributed by atoms with E-state index in [0.717, 1.165) is 5.69 Å². The number of rotatable bonds is 4. The summed E-state index contributed by atoms with van der Waals surface area (Å²) in [7, 11) is 1.77. The Labute approximate surface area is 159 Å². The van der Waals surface area contributed by atoms with Gasteiger partial charge in [0.15, 0.2) is 11.4 Å². The molecule has 4 aromatic rings. The van der Waals surface area contributed by atoms with Crippen LogP contribution in [0, 0.1) is 6.92 Å². The predicted octanol–water partition coefficient (Wildman–Crippen LogP) is 2.47. The van der Waals surface area contributed by atoms with Crippen LogP contribution in [-0.2, 0) is 7.05 Å². The van der Waals surface area contributed by atoms with Crippen molar-refractivity contribution in [2.75, 3.05) is 10.9 Å². The van der Waals surface area contributed by atoms with Crippen LogP contribution in [0.1, 0.15) is 5.69 Å². The van der Waals surface area contributed by atoms with Crippen LogP contribution < -0.4 is 22.0 Å². The fraction of sp³-hybridized carbons (Fsp3) is 0.100. The van der Waals surface area contributed by atoms with E-state index in [4.69, 9.17) is 0 Å². The molecular weight excluding hydrogens is 358 g/mol. The molecule has 8 nitrogen and oxygen atoms in total. The Morgan fingerprint density at radius 3 is 2.32 bits per heavy atom. The Hall–Kier alpha value is -3.94. The van der Waals surface area contributed by atoms with Crippen molar-refractivity contribution in [2.24, 2.45) is 7.05 Å². The summed E-state index contributed by atoms with van der Waals surface area (Å²) in [5.74, 6) is -0.191. The molecular formula is C20H19N5O3. The number of para-hydroxylation sites is 2. The fourth-order valence-electron chi connectivity index (χ4n) is 3.18. The zero-order valence-corrected chi connectivity index (χ0v) is 15.4. The van der Waals surface area contributed by atoms with Gasteiger partial charge in [-0.2, -0.15) is 0 Å². The molecule has 0 fully saturated rings. The zero-order valence-electron chi connectivity index (χ0n) is 15.4. The molecule has 2 aromatic heterocycles. The highest BCUT2D eigenvalue weighted by atomic mass is 16.3. The number of nitrogens with one attached hydrogen (secondary N) is 3. The van der Waals surface area contributed by atoms with E-state index in [-0.39, 0.29) is 22.7 Å². The Morgan fingerprint density at radius 1 is 0.929 bits per heavy atom. The second-order valence-electron chi connectivity index (χ2n) is 6.41. The lowest BCUT2D eigenvalue weighted by Gasteiger charge is -2.11. The van der Waals surface area contributed by atoms with Crippen molar-refractivity contribution in [1.29, 1.82) is 0 Å². The van der Waals surface area contributed by atoms with Gasteiger partial charge in [-0.15, -0.1) is 0 Å². The summed E-state index contributed by atoms with van der Waals surface area (Å²) in [5.41, 5.74) is 6.83. The van der Waals surface area contributed by atoms with Crippen LogP contribution >= 0.6 is 0 Å². The maximum absolute atomic E-state index is 12.9. The van der Waals surface area contributed by atoms with E-state index in [2.05, 4.69) is 15.8 Å². The molecule has 142 valence electrons. The number of aromatic hydroxyl groups is 1. The van der Waals surface area contributed by atoms with Crippen molar-refractivity contribution in [2.45, 2.75) is 6.92 Å². The molecule has 4 N–H and O–H groups in total. The monoisotopic (exact) mass is 377 g/mol. The molecule has 2 heterocycles. The van der Waals surface area contributed by atoms with Gasteiger partial charge < -0.3 is 10.1 Å². The lowest BCUT2D eigenvalue weighted by Crippen LogP contribution is -2.24. The lowest BCUT2D eigenvalue weighted by molar-refractivity contribution is 0.483. The average Bonchev–Trinajstić information content (AvgIpc) is 2.91. The Balaban J connectivity index is 1.73. The van der Waals surface area contributed by atoms with Gasteiger partial charge in [0.25, 0.3) is 11.1 Å². The topological polar surface area (TPSA) is 104 Å². The van der Waals surface area contributed by atoms with Crippen LogP contribution in [0.3, 0.4) is 0 Å². The number of aromatic amines is 1. The van der Waals surface area contributed by atoms with E-state index in [1.807, 2.05) is 30.3 Å². The summed E-state index contributed by atoms with van der Waals surface area (Å²) in [6.07, 6.45) is 0. The molecule has 0 saturated heterocycles. The number of nitrogens with zero attached hydrogens (tertiary/aromatic N) is 2. The van der Waals surface area contributed by atoms with Gasteiger partial charge >= 0.3 is 0 Å². The van der Waals surface area contributed by atoms with Crippen LogP contribution in [0.15, 0.2) is 64.2 Å². The van der Waals surface area contributed by atoms with Gasteiger partial charge in [0.2, 0.25) is 0 Å². The number of H-pyrrole nitrogens is 1. The van der Waals surface area contributed by atoms with Crippen molar-refractivity contribution < 1.29 is 5.11 Å². The molecule has 0 amide bonds. The van der Waals surface area contributed by atoms with Crippen molar-refractivity contribution in [1.82, 2.24) is 14.3 Å². The molecule has 8 heteroatoms. The van der Waals surface area contributed by atoms with Crippen LogP contribution in [0.2, 0.25) is 0 Å². The fourth-order valence-corrected chi connectivity index (χ4v) is 3.18. The molecule has 0 saturated carbocycles. The number of hydrogen-bond acceptors (Lipinski definition) is 5. The first-order valence-electron chi connectivity index (χ1n) is 8.69. The molecule has 4 rings (SSSR count).